The third-order valence-corrected chi connectivity index (χ3v) is 2.34. The number of hydrogen-bond donors (Lipinski definition) is 1. The van der Waals surface area contributed by atoms with Crippen LogP contribution in [0.4, 0.5) is 0 Å². The van der Waals surface area contributed by atoms with E-state index in [0.29, 0.717) is 17.6 Å². The number of ether oxygens (including phenoxy) is 1. The molecule has 1 unspecified atom stereocenters. The molecule has 84 valence electrons. The Morgan fingerprint density at radius 1 is 1.19 bits per heavy atom. The van der Waals surface area contributed by atoms with Gasteiger partial charge in [0.25, 0.3) is 0 Å². The van der Waals surface area contributed by atoms with Crippen molar-refractivity contribution in [2.75, 3.05) is 6.61 Å². The molecule has 0 spiro atoms. The number of para-hydroxylation sites is 1. The fraction of sp³-hybridized carbons (Fsp3) is 0.167. The first-order chi connectivity index (χ1) is 7.75. The van der Waals surface area contributed by atoms with Gasteiger partial charge in [-0.3, -0.25) is 0 Å². The molecule has 16 heavy (non-hydrogen) atoms. The molecule has 2 rings (SSSR count). The maximum atomic E-state index is 5.88. The van der Waals surface area contributed by atoms with Crippen LogP contribution in [0.5, 0.6) is 5.75 Å². The van der Waals surface area contributed by atoms with Crippen LogP contribution in [0.15, 0.2) is 46.9 Å². The van der Waals surface area contributed by atoms with Gasteiger partial charge in [0.05, 0.1) is 6.04 Å². The summed E-state index contributed by atoms with van der Waals surface area (Å²) in [6.45, 7) is 0.355. The predicted octanol–water partition coefficient (Wildman–Crippen LogP) is 3.01. The molecule has 0 aliphatic carbocycles. The Morgan fingerprint density at radius 3 is 2.56 bits per heavy atom. The average molecular weight is 238 g/mol. The number of benzene rings is 1. The highest BCUT2D eigenvalue weighted by Crippen LogP contribution is 2.19. The van der Waals surface area contributed by atoms with Gasteiger partial charge in [0.1, 0.15) is 18.1 Å². The summed E-state index contributed by atoms with van der Waals surface area (Å²) in [5.41, 5.74) is 5.88. The molecule has 1 aromatic heterocycles. The van der Waals surface area contributed by atoms with Crippen LogP contribution in [0, 0.1) is 0 Å². The Kier molecular flexibility index (Phi) is 3.49. The van der Waals surface area contributed by atoms with Crippen molar-refractivity contribution in [2.24, 2.45) is 5.73 Å². The lowest BCUT2D eigenvalue weighted by Gasteiger charge is -2.10. The monoisotopic (exact) mass is 237 g/mol. The summed E-state index contributed by atoms with van der Waals surface area (Å²) in [6.07, 6.45) is 0. The summed E-state index contributed by atoms with van der Waals surface area (Å²) < 4.78 is 10.7. The molecular weight excluding hydrogens is 226 g/mol. The predicted molar refractivity (Wildman–Crippen MR) is 62.6 cm³/mol. The highest BCUT2D eigenvalue weighted by Gasteiger charge is 2.11. The SMILES string of the molecule is NC(COc1ccccc1)c1ccc(Cl)o1. The highest BCUT2D eigenvalue weighted by molar-refractivity contribution is 6.28. The summed E-state index contributed by atoms with van der Waals surface area (Å²) in [7, 11) is 0. The molecule has 4 heteroatoms. The van der Waals surface area contributed by atoms with Crippen LogP contribution in [0.2, 0.25) is 5.22 Å². The molecule has 0 saturated heterocycles. The minimum absolute atomic E-state index is 0.312. The van der Waals surface area contributed by atoms with Gasteiger partial charge in [0, 0.05) is 0 Å². The quantitative estimate of drug-likeness (QED) is 0.889. The van der Waals surface area contributed by atoms with E-state index >= 15 is 0 Å². The molecule has 2 aromatic rings. The van der Waals surface area contributed by atoms with Gasteiger partial charge in [0.2, 0.25) is 0 Å². The topological polar surface area (TPSA) is 48.4 Å². The van der Waals surface area contributed by atoms with Crippen LogP contribution in [-0.4, -0.2) is 6.61 Å². The Labute approximate surface area is 98.8 Å². The third kappa shape index (κ3) is 2.78. The number of hydrogen-bond acceptors (Lipinski definition) is 3. The van der Waals surface area contributed by atoms with Crippen molar-refractivity contribution in [3.8, 4) is 5.75 Å². The summed E-state index contributed by atoms with van der Waals surface area (Å²) in [5, 5.41) is 0.338. The molecule has 1 aromatic carbocycles. The van der Waals surface area contributed by atoms with E-state index < -0.39 is 0 Å². The standard InChI is InChI=1S/C12H12ClNO2/c13-12-7-6-11(16-12)10(14)8-15-9-4-2-1-3-5-9/h1-7,10H,8,14H2. The number of rotatable bonds is 4. The maximum Gasteiger partial charge on any atom is 0.193 e. The van der Waals surface area contributed by atoms with E-state index in [0.717, 1.165) is 5.75 Å². The fourth-order valence-corrected chi connectivity index (χ4v) is 1.46. The Hall–Kier alpha value is -1.45. The first-order valence-corrected chi connectivity index (χ1v) is 5.32. The normalized spacial score (nSPS) is 12.4. The van der Waals surface area contributed by atoms with E-state index in [-0.39, 0.29) is 6.04 Å². The van der Waals surface area contributed by atoms with Gasteiger partial charge >= 0.3 is 0 Å². The van der Waals surface area contributed by atoms with Crippen molar-refractivity contribution in [1.82, 2.24) is 0 Å². The molecule has 0 bridgehead atoms. The molecule has 0 saturated carbocycles. The summed E-state index contributed by atoms with van der Waals surface area (Å²) in [4.78, 5) is 0. The van der Waals surface area contributed by atoms with Crippen LogP contribution >= 0.6 is 11.6 Å². The first-order valence-electron chi connectivity index (χ1n) is 4.94. The summed E-state index contributed by atoms with van der Waals surface area (Å²) in [5.74, 6) is 1.41. The second kappa shape index (κ2) is 5.05. The molecule has 1 atom stereocenters. The third-order valence-electron chi connectivity index (χ3n) is 2.13. The largest absolute Gasteiger partial charge is 0.491 e. The second-order valence-corrected chi connectivity index (χ2v) is 3.74. The van der Waals surface area contributed by atoms with Crippen molar-refractivity contribution >= 4 is 11.6 Å². The van der Waals surface area contributed by atoms with E-state index in [1.54, 1.807) is 12.1 Å². The van der Waals surface area contributed by atoms with Crippen molar-refractivity contribution in [3.05, 3.63) is 53.4 Å². The number of furan rings is 1. The highest BCUT2D eigenvalue weighted by atomic mass is 35.5. The molecular formula is C12H12ClNO2. The van der Waals surface area contributed by atoms with E-state index in [9.17, 15) is 0 Å². The Balaban J connectivity index is 1.91. The molecule has 1 heterocycles. The molecule has 0 aliphatic heterocycles. The number of nitrogens with two attached hydrogens (primary N) is 1. The zero-order valence-electron chi connectivity index (χ0n) is 8.60. The minimum atomic E-state index is -0.312. The molecule has 0 aliphatic rings. The van der Waals surface area contributed by atoms with Gasteiger partial charge < -0.3 is 14.9 Å². The molecule has 0 amide bonds. The smallest absolute Gasteiger partial charge is 0.193 e. The Morgan fingerprint density at radius 2 is 1.94 bits per heavy atom. The lowest BCUT2D eigenvalue weighted by atomic mass is 10.2. The lowest BCUT2D eigenvalue weighted by Crippen LogP contribution is -2.18. The van der Waals surface area contributed by atoms with Gasteiger partial charge in [-0.15, -0.1) is 0 Å². The second-order valence-electron chi connectivity index (χ2n) is 3.37. The molecule has 0 fully saturated rings. The zero-order chi connectivity index (χ0) is 11.4. The Bertz CT molecular complexity index is 441. The molecule has 2 N–H and O–H groups in total. The van der Waals surface area contributed by atoms with Crippen molar-refractivity contribution < 1.29 is 9.15 Å². The number of halogens is 1. The average Bonchev–Trinajstić information content (AvgIpc) is 2.74. The van der Waals surface area contributed by atoms with Gasteiger partial charge in [-0.25, -0.2) is 0 Å². The van der Waals surface area contributed by atoms with Gasteiger partial charge in [-0.1, -0.05) is 18.2 Å². The van der Waals surface area contributed by atoms with Crippen molar-refractivity contribution in [3.63, 3.8) is 0 Å². The summed E-state index contributed by atoms with van der Waals surface area (Å²) in [6, 6.07) is 12.6. The van der Waals surface area contributed by atoms with Crippen LogP contribution in [0.1, 0.15) is 11.8 Å². The fourth-order valence-electron chi connectivity index (χ4n) is 1.31. The zero-order valence-corrected chi connectivity index (χ0v) is 9.35. The van der Waals surface area contributed by atoms with E-state index in [1.807, 2.05) is 30.3 Å². The summed E-state index contributed by atoms with van der Waals surface area (Å²) >= 11 is 5.66. The first kappa shape index (κ1) is 11.0. The van der Waals surface area contributed by atoms with Gasteiger partial charge in [-0.05, 0) is 35.9 Å². The van der Waals surface area contributed by atoms with Crippen LogP contribution in [0.3, 0.4) is 0 Å². The van der Waals surface area contributed by atoms with Crippen LogP contribution < -0.4 is 10.5 Å². The van der Waals surface area contributed by atoms with Crippen molar-refractivity contribution in [1.29, 1.82) is 0 Å². The van der Waals surface area contributed by atoms with Gasteiger partial charge in [0.15, 0.2) is 5.22 Å². The molecule has 3 nitrogen and oxygen atoms in total. The van der Waals surface area contributed by atoms with Crippen LogP contribution in [0.25, 0.3) is 0 Å². The maximum absolute atomic E-state index is 5.88. The lowest BCUT2D eigenvalue weighted by molar-refractivity contribution is 0.273. The minimum Gasteiger partial charge on any atom is -0.491 e. The van der Waals surface area contributed by atoms with E-state index in [2.05, 4.69) is 0 Å². The van der Waals surface area contributed by atoms with Crippen molar-refractivity contribution in [2.45, 2.75) is 6.04 Å². The molecule has 0 radical (unpaired) electrons. The van der Waals surface area contributed by atoms with E-state index in [4.69, 9.17) is 26.5 Å². The van der Waals surface area contributed by atoms with E-state index in [1.165, 1.54) is 0 Å². The van der Waals surface area contributed by atoms with Crippen LogP contribution in [-0.2, 0) is 0 Å². The van der Waals surface area contributed by atoms with Gasteiger partial charge in [-0.2, -0.15) is 0 Å².